The molecule has 186 valence electrons. The summed E-state index contributed by atoms with van der Waals surface area (Å²) in [6, 6.07) is 11.0. The van der Waals surface area contributed by atoms with Crippen molar-refractivity contribution >= 4 is 52.0 Å². The number of nitrogens with one attached hydrogen (secondary N) is 2. The third kappa shape index (κ3) is 5.69. The Hall–Kier alpha value is -2.46. The number of ether oxygens (including phenoxy) is 1. The zero-order chi connectivity index (χ0) is 24.4. The molecule has 2 heterocycles. The van der Waals surface area contributed by atoms with E-state index in [0.717, 1.165) is 31.4 Å². The molecule has 8 nitrogen and oxygen atoms in total. The first-order valence-electron chi connectivity index (χ1n) is 12.1. The standard InChI is InChI=1S/C25H29ClN4O4S/c26-22-11-10-21(35-22)25(33)27-14-20(30(19-8-9-19)18-2-1-3-18)24(32)28-16-4-6-17(7-5-16)29-12-13-34-15-23(29)31/h4-7,10-11,18-20H,1-3,8-9,12-15H2,(H,27,33)(H,28,32)/t20-/m1/s1. The van der Waals surface area contributed by atoms with E-state index in [1.54, 1.807) is 17.0 Å². The second-order valence-corrected chi connectivity index (χ2v) is 10.9. The number of hydrogen-bond donors (Lipinski definition) is 2. The van der Waals surface area contributed by atoms with E-state index in [9.17, 15) is 14.4 Å². The Morgan fingerprint density at radius 2 is 1.86 bits per heavy atom. The highest BCUT2D eigenvalue weighted by molar-refractivity contribution is 7.18. The van der Waals surface area contributed by atoms with Gasteiger partial charge in [-0.3, -0.25) is 19.3 Å². The summed E-state index contributed by atoms with van der Waals surface area (Å²) in [6.45, 7) is 1.34. The van der Waals surface area contributed by atoms with Crippen LogP contribution >= 0.6 is 22.9 Å². The highest BCUT2D eigenvalue weighted by Gasteiger charge is 2.43. The summed E-state index contributed by atoms with van der Waals surface area (Å²) in [5.74, 6) is -0.427. The second-order valence-electron chi connectivity index (χ2n) is 9.23. The summed E-state index contributed by atoms with van der Waals surface area (Å²) in [5.41, 5.74) is 1.44. The maximum atomic E-state index is 13.5. The first kappa shape index (κ1) is 24.2. The van der Waals surface area contributed by atoms with E-state index in [-0.39, 0.29) is 30.9 Å². The van der Waals surface area contributed by atoms with Crippen LogP contribution in [-0.4, -0.2) is 67.1 Å². The number of carbonyl (C=O) groups excluding carboxylic acids is 3. The highest BCUT2D eigenvalue weighted by Crippen LogP contribution is 2.37. The Balaban J connectivity index is 1.28. The van der Waals surface area contributed by atoms with E-state index in [0.29, 0.717) is 40.1 Å². The van der Waals surface area contributed by atoms with Crippen molar-refractivity contribution in [1.29, 1.82) is 0 Å². The minimum absolute atomic E-state index is 0.0727. The van der Waals surface area contributed by atoms with E-state index in [1.807, 2.05) is 24.3 Å². The maximum Gasteiger partial charge on any atom is 0.261 e. The minimum Gasteiger partial charge on any atom is -0.370 e. The van der Waals surface area contributed by atoms with Gasteiger partial charge in [0.15, 0.2) is 0 Å². The highest BCUT2D eigenvalue weighted by atomic mass is 35.5. The van der Waals surface area contributed by atoms with Crippen LogP contribution in [0.1, 0.15) is 41.8 Å². The van der Waals surface area contributed by atoms with E-state index in [4.69, 9.17) is 16.3 Å². The molecule has 1 aliphatic heterocycles. The third-order valence-electron chi connectivity index (χ3n) is 6.81. The average Bonchev–Trinajstić information content (AvgIpc) is 3.57. The van der Waals surface area contributed by atoms with Crippen molar-refractivity contribution in [2.75, 3.05) is 36.5 Å². The lowest BCUT2D eigenvalue weighted by molar-refractivity contribution is -0.125. The van der Waals surface area contributed by atoms with Gasteiger partial charge < -0.3 is 20.3 Å². The number of amides is 3. The molecule has 1 aromatic carbocycles. The molecule has 2 N–H and O–H groups in total. The molecule has 0 spiro atoms. The van der Waals surface area contributed by atoms with Crippen LogP contribution in [0.15, 0.2) is 36.4 Å². The summed E-state index contributed by atoms with van der Waals surface area (Å²) in [7, 11) is 0. The number of hydrogen-bond acceptors (Lipinski definition) is 6. The first-order valence-corrected chi connectivity index (χ1v) is 13.3. The lowest BCUT2D eigenvalue weighted by Gasteiger charge is -2.42. The van der Waals surface area contributed by atoms with Gasteiger partial charge in [0, 0.05) is 36.5 Å². The summed E-state index contributed by atoms with van der Waals surface area (Å²) in [6.07, 6.45) is 5.49. The molecule has 0 radical (unpaired) electrons. The lowest BCUT2D eigenvalue weighted by Crippen LogP contribution is -2.57. The molecule has 1 aromatic heterocycles. The van der Waals surface area contributed by atoms with Gasteiger partial charge in [0.05, 0.1) is 15.8 Å². The van der Waals surface area contributed by atoms with Gasteiger partial charge in [0.2, 0.25) is 5.91 Å². The monoisotopic (exact) mass is 516 g/mol. The van der Waals surface area contributed by atoms with Crippen LogP contribution < -0.4 is 15.5 Å². The zero-order valence-corrected chi connectivity index (χ0v) is 20.9. The average molecular weight is 517 g/mol. The summed E-state index contributed by atoms with van der Waals surface area (Å²) in [4.78, 5) is 42.8. The van der Waals surface area contributed by atoms with Gasteiger partial charge >= 0.3 is 0 Å². The molecule has 3 fully saturated rings. The summed E-state index contributed by atoms with van der Waals surface area (Å²) in [5, 5.41) is 6.00. The van der Waals surface area contributed by atoms with E-state index in [2.05, 4.69) is 15.5 Å². The molecule has 2 aromatic rings. The second kappa shape index (κ2) is 10.7. The molecular weight excluding hydrogens is 488 g/mol. The summed E-state index contributed by atoms with van der Waals surface area (Å²) < 4.78 is 5.75. The largest absolute Gasteiger partial charge is 0.370 e. The fourth-order valence-electron chi connectivity index (χ4n) is 4.65. The first-order chi connectivity index (χ1) is 17.0. The maximum absolute atomic E-state index is 13.5. The van der Waals surface area contributed by atoms with Gasteiger partial charge in [-0.1, -0.05) is 18.0 Å². The Bertz CT molecular complexity index is 1080. The zero-order valence-electron chi connectivity index (χ0n) is 19.4. The van der Waals surface area contributed by atoms with Crippen molar-refractivity contribution in [1.82, 2.24) is 10.2 Å². The third-order valence-corrected chi connectivity index (χ3v) is 8.04. The van der Waals surface area contributed by atoms with Crippen LogP contribution in [0.25, 0.3) is 0 Å². The van der Waals surface area contributed by atoms with Crippen LogP contribution in [0.3, 0.4) is 0 Å². The molecule has 35 heavy (non-hydrogen) atoms. The Labute approximate surface area is 213 Å². The van der Waals surface area contributed by atoms with Gasteiger partial charge in [0.1, 0.15) is 12.6 Å². The van der Waals surface area contributed by atoms with E-state index >= 15 is 0 Å². The summed E-state index contributed by atoms with van der Waals surface area (Å²) >= 11 is 7.21. The van der Waals surface area contributed by atoms with Crippen LogP contribution in [0.4, 0.5) is 11.4 Å². The predicted molar refractivity (Wildman–Crippen MR) is 136 cm³/mol. The number of rotatable bonds is 9. The normalized spacial score (nSPS) is 19.4. The minimum atomic E-state index is -0.465. The van der Waals surface area contributed by atoms with Gasteiger partial charge in [-0.05, 0) is 62.1 Å². The number of halogens is 1. The van der Waals surface area contributed by atoms with Crippen LogP contribution in [0.5, 0.6) is 0 Å². The SMILES string of the molecule is O=C(NC[C@H](C(=O)Nc1ccc(N2CCOCC2=O)cc1)N(C1CCC1)C1CC1)c1ccc(Cl)s1. The Morgan fingerprint density at radius 3 is 2.46 bits per heavy atom. The molecule has 2 saturated carbocycles. The molecule has 1 atom stereocenters. The smallest absolute Gasteiger partial charge is 0.261 e. The molecule has 0 bridgehead atoms. The Morgan fingerprint density at radius 1 is 1.11 bits per heavy atom. The number of benzene rings is 1. The van der Waals surface area contributed by atoms with Crippen molar-refractivity contribution in [3.05, 3.63) is 45.6 Å². The van der Waals surface area contributed by atoms with Gasteiger partial charge in [-0.2, -0.15) is 0 Å². The molecule has 0 unspecified atom stereocenters. The van der Waals surface area contributed by atoms with Crippen LogP contribution in [-0.2, 0) is 14.3 Å². The molecular formula is C25H29ClN4O4S. The van der Waals surface area contributed by atoms with Crippen molar-refractivity contribution in [3.8, 4) is 0 Å². The van der Waals surface area contributed by atoms with Gasteiger partial charge in [-0.15, -0.1) is 11.3 Å². The quantitative estimate of drug-likeness (QED) is 0.532. The number of anilines is 2. The fraction of sp³-hybridized carbons (Fsp3) is 0.480. The molecule has 1 saturated heterocycles. The number of thiophene rings is 1. The lowest BCUT2D eigenvalue weighted by atomic mass is 9.89. The van der Waals surface area contributed by atoms with Crippen molar-refractivity contribution in [3.63, 3.8) is 0 Å². The van der Waals surface area contributed by atoms with Crippen molar-refractivity contribution in [2.24, 2.45) is 0 Å². The van der Waals surface area contributed by atoms with Crippen LogP contribution in [0.2, 0.25) is 4.34 Å². The van der Waals surface area contributed by atoms with Crippen molar-refractivity contribution in [2.45, 2.75) is 50.2 Å². The van der Waals surface area contributed by atoms with Gasteiger partial charge in [-0.25, -0.2) is 0 Å². The van der Waals surface area contributed by atoms with E-state index < -0.39 is 6.04 Å². The van der Waals surface area contributed by atoms with E-state index in [1.165, 1.54) is 17.8 Å². The predicted octanol–water partition coefficient (Wildman–Crippen LogP) is 3.52. The molecule has 2 aliphatic carbocycles. The molecule has 3 aliphatic rings. The van der Waals surface area contributed by atoms with Gasteiger partial charge in [0.25, 0.3) is 11.8 Å². The van der Waals surface area contributed by atoms with Crippen molar-refractivity contribution < 1.29 is 19.1 Å². The molecule has 5 rings (SSSR count). The Kier molecular flexibility index (Phi) is 7.38. The number of nitrogens with zero attached hydrogens (tertiary/aromatic N) is 2. The molecule has 3 amide bonds. The fourth-order valence-corrected chi connectivity index (χ4v) is 5.61. The number of carbonyl (C=O) groups is 3. The van der Waals surface area contributed by atoms with Crippen LogP contribution in [0, 0.1) is 0 Å². The molecule has 10 heteroatoms. The number of morpholine rings is 1. The topological polar surface area (TPSA) is 91.0 Å².